The van der Waals surface area contributed by atoms with E-state index in [0.717, 1.165) is 0 Å². The zero-order valence-electron chi connectivity index (χ0n) is 10.0. The van der Waals surface area contributed by atoms with E-state index < -0.39 is 10.0 Å². The van der Waals surface area contributed by atoms with Gasteiger partial charge >= 0.3 is 0 Å². The molecule has 0 saturated heterocycles. The smallest absolute Gasteiger partial charge is 0.242 e. The van der Waals surface area contributed by atoms with Crippen LogP contribution in [0.3, 0.4) is 0 Å². The molecule has 0 aliphatic heterocycles. The lowest BCUT2D eigenvalue weighted by Crippen LogP contribution is -2.27. The van der Waals surface area contributed by atoms with Gasteiger partial charge in [-0.25, -0.2) is 18.1 Å². The van der Waals surface area contributed by atoms with Gasteiger partial charge in [0.15, 0.2) is 0 Å². The van der Waals surface area contributed by atoms with Crippen LogP contribution in [-0.2, 0) is 16.6 Å². The highest BCUT2D eigenvalue weighted by molar-refractivity contribution is 7.89. The molecule has 98 valence electrons. The highest BCUT2D eigenvalue weighted by Crippen LogP contribution is 2.07. The molecule has 0 aliphatic carbocycles. The van der Waals surface area contributed by atoms with Gasteiger partial charge < -0.3 is 4.57 Å². The van der Waals surface area contributed by atoms with Crippen LogP contribution >= 0.6 is 0 Å². The van der Waals surface area contributed by atoms with E-state index in [2.05, 4.69) is 9.71 Å². The monoisotopic (exact) mass is 276 g/mol. The van der Waals surface area contributed by atoms with Crippen LogP contribution in [0.5, 0.6) is 0 Å². The zero-order chi connectivity index (χ0) is 13.7. The number of hydrogen-bond acceptors (Lipinski definition) is 4. The van der Waals surface area contributed by atoms with Gasteiger partial charge in [-0.05, 0) is 24.3 Å². The first kappa shape index (κ1) is 13.3. The van der Waals surface area contributed by atoms with E-state index in [-0.39, 0.29) is 17.1 Å². The lowest BCUT2D eigenvalue weighted by molar-refractivity contribution is 0.572. The molecule has 0 saturated carbocycles. The molecule has 2 aromatic rings. The average Bonchev–Trinajstić information content (AvgIpc) is 2.92. The second-order valence-electron chi connectivity index (χ2n) is 3.81. The fourth-order valence-electron chi connectivity index (χ4n) is 1.52. The van der Waals surface area contributed by atoms with Crippen molar-refractivity contribution in [1.82, 2.24) is 14.3 Å². The summed E-state index contributed by atoms with van der Waals surface area (Å²) in [7, 11) is -3.57. The summed E-state index contributed by atoms with van der Waals surface area (Å²) in [5.41, 5.74) is 0.186. The van der Waals surface area contributed by atoms with Crippen LogP contribution in [0.1, 0.15) is 5.69 Å². The maximum absolute atomic E-state index is 11.9. The summed E-state index contributed by atoms with van der Waals surface area (Å²) >= 11 is 0. The van der Waals surface area contributed by atoms with Crippen molar-refractivity contribution in [2.45, 2.75) is 11.4 Å². The van der Waals surface area contributed by atoms with Gasteiger partial charge in [-0.15, -0.1) is 0 Å². The Labute approximate surface area is 111 Å². The molecular formula is C12H12N4O2S. The van der Waals surface area contributed by atoms with Crippen LogP contribution in [0, 0.1) is 11.3 Å². The normalized spacial score (nSPS) is 11.1. The molecule has 2 heterocycles. The van der Waals surface area contributed by atoms with E-state index in [0.29, 0.717) is 6.54 Å². The maximum atomic E-state index is 11.9. The van der Waals surface area contributed by atoms with Gasteiger partial charge in [0, 0.05) is 31.7 Å². The Morgan fingerprint density at radius 3 is 2.63 bits per heavy atom. The molecule has 0 spiro atoms. The van der Waals surface area contributed by atoms with Crippen molar-refractivity contribution in [1.29, 1.82) is 5.26 Å². The Morgan fingerprint density at radius 2 is 2.05 bits per heavy atom. The topological polar surface area (TPSA) is 87.8 Å². The molecule has 6 nitrogen and oxygen atoms in total. The number of nitriles is 1. The van der Waals surface area contributed by atoms with Crippen molar-refractivity contribution >= 4 is 10.0 Å². The molecule has 19 heavy (non-hydrogen) atoms. The molecule has 0 fully saturated rings. The first-order valence-electron chi connectivity index (χ1n) is 5.58. The van der Waals surface area contributed by atoms with E-state index >= 15 is 0 Å². The molecule has 0 atom stereocenters. The summed E-state index contributed by atoms with van der Waals surface area (Å²) in [5.74, 6) is 0. The second kappa shape index (κ2) is 5.65. The summed E-state index contributed by atoms with van der Waals surface area (Å²) in [4.78, 5) is 3.79. The Morgan fingerprint density at radius 1 is 1.32 bits per heavy atom. The predicted octanol–water partition coefficient (Wildman–Crippen LogP) is 0.733. The quantitative estimate of drug-likeness (QED) is 0.872. The molecule has 0 amide bonds. The van der Waals surface area contributed by atoms with Gasteiger partial charge in [0.2, 0.25) is 10.0 Å². The average molecular weight is 276 g/mol. The number of pyridine rings is 1. The molecule has 7 heteroatoms. The number of nitrogens with one attached hydrogen (secondary N) is 1. The number of sulfonamides is 1. The van der Waals surface area contributed by atoms with Crippen LogP contribution in [0.4, 0.5) is 0 Å². The minimum absolute atomic E-state index is 0.0546. The Hall–Kier alpha value is -2.17. The molecule has 0 aliphatic rings. The van der Waals surface area contributed by atoms with Crippen LogP contribution in [-0.4, -0.2) is 24.5 Å². The first-order chi connectivity index (χ1) is 9.12. The fraction of sp³-hybridized carbons (Fsp3) is 0.167. The van der Waals surface area contributed by atoms with E-state index in [1.54, 1.807) is 0 Å². The van der Waals surface area contributed by atoms with Crippen molar-refractivity contribution in [3.8, 4) is 6.07 Å². The molecule has 2 rings (SSSR count). The van der Waals surface area contributed by atoms with E-state index in [1.165, 1.54) is 18.3 Å². The lowest BCUT2D eigenvalue weighted by atomic mass is 10.4. The summed E-state index contributed by atoms with van der Waals surface area (Å²) in [6, 6.07) is 8.33. The number of aromatic nitrogens is 2. The van der Waals surface area contributed by atoms with Crippen molar-refractivity contribution in [2.75, 3.05) is 6.54 Å². The van der Waals surface area contributed by atoms with E-state index in [9.17, 15) is 8.42 Å². The van der Waals surface area contributed by atoms with Gasteiger partial charge in [-0.3, -0.25) is 0 Å². The Bertz CT molecular complexity index is 670. The van der Waals surface area contributed by atoms with Crippen LogP contribution in [0.2, 0.25) is 0 Å². The lowest BCUT2D eigenvalue weighted by Gasteiger charge is -2.07. The van der Waals surface area contributed by atoms with Crippen LogP contribution < -0.4 is 4.72 Å². The van der Waals surface area contributed by atoms with Gasteiger partial charge in [0.1, 0.15) is 16.7 Å². The van der Waals surface area contributed by atoms with Crippen molar-refractivity contribution < 1.29 is 8.42 Å². The SMILES string of the molecule is N#Cc1ccc(S(=O)(=O)NCCn2cccc2)cn1. The summed E-state index contributed by atoms with van der Waals surface area (Å²) in [5, 5.41) is 8.60. The van der Waals surface area contributed by atoms with Crippen molar-refractivity contribution in [2.24, 2.45) is 0 Å². The summed E-state index contributed by atoms with van der Waals surface area (Å²) in [6.07, 6.45) is 4.89. The maximum Gasteiger partial charge on any atom is 0.242 e. The Balaban J connectivity index is 1.99. The van der Waals surface area contributed by atoms with Crippen LogP contribution in [0.15, 0.2) is 47.8 Å². The zero-order valence-corrected chi connectivity index (χ0v) is 10.8. The van der Waals surface area contributed by atoms with Gasteiger partial charge in [0.25, 0.3) is 0 Å². The van der Waals surface area contributed by atoms with E-state index in [1.807, 2.05) is 35.2 Å². The van der Waals surface area contributed by atoms with Crippen molar-refractivity contribution in [3.05, 3.63) is 48.5 Å². The van der Waals surface area contributed by atoms with Gasteiger partial charge in [-0.1, -0.05) is 0 Å². The van der Waals surface area contributed by atoms with E-state index in [4.69, 9.17) is 5.26 Å². The molecule has 0 radical (unpaired) electrons. The summed E-state index contributed by atoms with van der Waals surface area (Å²) in [6.45, 7) is 0.840. The van der Waals surface area contributed by atoms with Gasteiger partial charge in [-0.2, -0.15) is 5.26 Å². The predicted molar refractivity (Wildman–Crippen MR) is 68.6 cm³/mol. The third kappa shape index (κ3) is 3.40. The molecular weight excluding hydrogens is 264 g/mol. The number of rotatable bonds is 5. The highest BCUT2D eigenvalue weighted by atomic mass is 32.2. The standard InChI is InChI=1S/C12H12N4O2S/c13-9-11-3-4-12(10-14-11)19(17,18)15-5-8-16-6-1-2-7-16/h1-4,6-7,10,15H,5,8H2. The molecule has 0 aromatic carbocycles. The molecule has 1 N–H and O–H groups in total. The summed E-state index contributed by atoms with van der Waals surface area (Å²) < 4.78 is 28.2. The highest BCUT2D eigenvalue weighted by Gasteiger charge is 2.13. The largest absolute Gasteiger partial charge is 0.353 e. The molecule has 0 unspecified atom stereocenters. The molecule has 2 aromatic heterocycles. The van der Waals surface area contributed by atoms with Crippen LogP contribution in [0.25, 0.3) is 0 Å². The third-order valence-electron chi connectivity index (χ3n) is 2.49. The van der Waals surface area contributed by atoms with Gasteiger partial charge in [0.05, 0.1) is 0 Å². The molecule has 0 bridgehead atoms. The minimum atomic E-state index is -3.57. The third-order valence-corrected chi connectivity index (χ3v) is 3.94. The second-order valence-corrected chi connectivity index (χ2v) is 5.58. The number of hydrogen-bond donors (Lipinski definition) is 1. The van der Waals surface area contributed by atoms with Crippen molar-refractivity contribution in [3.63, 3.8) is 0 Å². The number of nitrogens with zero attached hydrogens (tertiary/aromatic N) is 3. The first-order valence-corrected chi connectivity index (χ1v) is 7.07. The minimum Gasteiger partial charge on any atom is -0.353 e. The fourth-order valence-corrected chi connectivity index (χ4v) is 2.48. The Kier molecular flexibility index (Phi) is 3.94.